The molecule has 0 bridgehead atoms. The molecular weight excluding hydrogens is 452 g/mol. The van der Waals surface area contributed by atoms with Crippen molar-refractivity contribution in [3.05, 3.63) is 84.4 Å². The SMILES string of the molecule is CC(=O)Nc1ccc(S(=O)(=O)N[C@@H](C)C(=O)Nc2ccc(NC(C)c3ccccc3)cc2)cc1. The molecule has 3 aromatic rings. The second kappa shape index (κ2) is 11.0. The van der Waals surface area contributed by atoms with Crippen LogP contribution in [0.1, 0.15) is 32.4 Å². The highest BCUT2D eigenvalue weighted by molar-refractivity contribution is 7.89. The molecular formula is C25H28N4O4S. The zero-order valence-corrected chi connectivity index (χ0v) is 20.0. The number of anilines is 3. The van der Waals surface area contributed by atoms with Gasteiger partial charge in [0.25, 0.3) is 0 Å². The number of rotatable bonds is 9. The predicted molar refractivity (Wildman–Crippen MR) is 134 cm³/mol. The molecule has 0 aromatic heterocycles. The number of hydrogen-bond acceptors (Lipinski definition) is 5. The molecule has 0 heterocycles. The fraction of sp³-hybridized carbons (Fsp3) is 0.200. The second-order valence-electron chi connectivity index (χ2n) is 7.89. The highest BCUT2D eigenvalue weighted by Gasteiger charge is 2.22. The molecule has 0 aliphatic rings. The summed E-state index contributed by atoms with van der Waals surface area (Å²) in [4.78, 5) is 23.6. The molecule has 0 aliphatic heterocycles. The number of sulfonamides is 1. The number of carbonyl (C=O) groups excluding carboxylic acids is 2. The average molecular weight is 481 g/mol. The standard InChI is InChI=1S/C25H28N4O4S/c1-17(20-7-5-4-6-8-20)26-21-9-11-23(12-10-21)28-25(31)18(2)29-34(32,33)24-15-13-22(14-16-24)27-19(3)30/h4-18,26,29H,1-3H3,(H,27,30)(H,28,31)/t17?,18-/m0/s1. The Morgan fingerprint density at radius 2 is 1.26 bits per heavy atom. The number of hydrogen-bond donors (Lipinski definition) is 4. The van der Waals surface area contributed by atoms with Crippen molar-refractivity contribution >= 4 is 38.9 Å². The van der Waals surface area contributed by atoms with E-state index in [0.717, 1.165) is 11.3 Å². The zero-order valence-electron chi connectivity index (χ0n) is 19.2. The predicted octanol–water partition coefficient (Wildman–Crippen LogP) is 4.12. The van der Waals surface area contributed by atoms with Gasteiger partial charge in [-0.2, -0.15) is 4.72 Å². The summed E-state index contributed by atoms with van der Waals surface area (Å²) in [5.41, 5.74) is 3.08. The van der Waals surface area contributed by atoms with Gasteiger partial charge < -0.3 is 16.0 Å². The molecule has 8 nitrogen and oxygen atoms in total. The van der Waals surface area contributed by atoms with Gasteiger partial charge in [0.1, 0.15) is 0 Å². The molecule has 2 amide bonds. The third-order valence-electron chi connectivity index (χ3n) is 5.05. The third-order valence-corrected chi connectivity index (χ3v) is 6.60. The Bertz CT molecular complexity index is 1230. The van der Waals surface area contributed by atoms with Gasteiger partial charge in [-0.25, -0.2) is 8.42 Å². The monoisotopic (exact) mass is 480 g/mol. The van der Waals surface area contributed by atoms with Crippen LogP contribution in [0.2, 0.25) is 0 Å². The quantitative estimate of drug-likeness (QED) is 0.368. The van der Waals surface area contributed by atoms with Crippen LogP contribution in [-0.2, 0) is 19.6 Å². The minimum absolute atomic E-state index is 0.00999. The van der Waals surface area contributed by atoms with Crippen molar-refractivity contribution in [3.8, 4) is 0 Å². The van der Waals surface area contributed by atoms with E-state index in [1.165, 1.54) is 38.1 Å². The van der Waals surface area contributed by atoms with E-state index in [4.69, 9.17) is 0 Å². The van der Waals surface area contributed by atoms with Gasteiger partial charge in [0.05, 0.1) is 10.9 Å². The Hall–Kier alpha value is -3.69. The molecule has 9 heteroatoms. The van der Waals surface area contributed by atoms with Crippen molar-refractivity contribution in [1.29, 1.82) is 0 Å². The van der Waals surface area contributed by atoms with Gasteiger partial charge in [-0.3, -0.25) is 9.59 Å². The molecule has 3 rings (SSSR count). The minimum Gasteiger partial charge on any atom is -0.379 e. The van der Waals surface area contributed by atoms with Gasteiger partial charge >= 0.3 is 0 Å². The Labute approximate surface area is 199 Å². The number of benzene rings is 3. The van der Waals surface area contributed by atoms with Crippen LogP contribution in [0, 0.1) is 0 Å². The van der Waals surface area contributed by atoms with Gasteiger partial charge in [0.2, 0.25) is 21.8 Å². The maximum atomic E-state index is 12.6. The van der Waals surface area contributed by atoms with Crippen LogP contribution in [0.5, 0.6) is 0 Å². The van der Waals surface area contributed by atoms with Gasteiger partial charge in [-0.1, -0.05) is 30.3 Å². The second-order valence-corrected chi connectivity index (χ2v) is 9.61. The Morgan fingerprint density at radius 3 is 1.85 bits per heavy atom. The zero-order chi connectivity index (χ0) is 24.7. The molecule has 0 spiro atoms. The lowest BCUT2D eigenvalue weighted by atomic mass is 10.1. The van der Waals surface area contributed by atoms with Crippen molar-refractivity contribution in [3.63, 3.8) is 0 Å². The number of carbonyl (C=O) groups is 2. The normalized spacial score (nSPS) is 12.9. The van der Waals surface area contributed by atoms with E-state index in [-0.39, 0.29) is 16.8 Å². The van der Waals surface area contributed by atoms with E-state index < -0.39 is 22.0 Å². The van der Waals surface area contributed by atoms with Crippen molar-refractivity contribution < 1.29 is 18.0 Å². The molecule has 3 aromatic carbocycles. The maximum absolute atomic E-state index is 12.6. The molecule has 0 saturated carbocycles. The van der Waals surface area contributed by atoms with Gasteiger partial charge in [-0.05, 0) is 67.9 Å². The molecule has 0 saturated heterocycles. The van der Waals surface area contributed by atoms with Crippen LogP contribution >= 0.6 is 0 Å². The first-order valence-corrected chi connectivity index (χ1v) is 12.2. The van der Waals surface area contributed by atoms with E-state index >= 15 is 0 Å². The van der Waals surface area contributed by atoms with E-state index in [2.05, 4.69) is 27.6 Å². The lowest BCUT2D eigenvalue weighted by Crippen LogP contribution is -2.41. The van der Waals surface area contributed by atoms with Crippen molar-refractivity contribution in [2.24, 2.45) is 0 Å². The fourth-order valence-electron chi connectivity index (χ4n) is 3.25. The van der Waals surface area contributed by atoms with Crippen LogP contribution < -0.4 is 20.7 Å². The first kappa shape index (κ1) is 24.9. The summed E-state index contributed by atoms with van der Waals surface area (Å²) in [5.74, 6) is -0.745. The summed E-state index contributed by atoms with van der Waals surface area (Å²) < 4.78 is 27.6. The fourth-order valence-corrected chi connectivity index (χ4v) is 4.45. The van der Waals surface area contributed by atoms with Crippen molar-refractivity contribution in [1.82, 2.24) is 4.72 Å². The summed E-state index contributed by atoms with van der Waals surface area (Å²) in [5, 5.41) is 8.68. The molecule has 2 atom stereocenters. The van der Waals surface area contributed by atoms with Gasteiger partial charge in [-0.15, -0.1) is 0 Å². The smallest absolute Gasteiger partial charge is 0.242 e. The Balaban J connectivity index is 1.56. The third kappa shape index (κ3) is 6.90. The highest BCUT2D eigenvalue weighted by Crippen LogP contribution is 2.21. The van der Waals surface area contributed by atoms with Crippen molar-refractivity contribution in [2.75, 3.05) is 16.0 Å². The summed E-state index contributed by atoms with van der Waals surface area (Å²) in [6.07, 6.45) is 0. The summed E-state index contributed by atoms with van der Waals surface area (Å²) in [6, 6.07) is 22.0. The van der Waals surface area contributed by atoms with Crippen LogP contribution in [0.25, 0.3) is 0 Å². The van der Waals surface area contributed by atoms with Crippen molar-refractivity contribution in [2.45, 2.75) is 37.8 Å². The van der Waals surface area contributed by atoms with Gasteiger partial charge in [0, 0.05) is 30.0 Å². The number of nitrogens with one attached hydrogen (secondary N) is 4. The van der Waals surface area contributed by atoms with Gasteiger partial charge in [0.15, 0.2) is 0 Å². The van der Waals surface area contributed by atoms with E-state index in [9.17, 15) is 18.0 Å². The number of amides is 2. The minimum atomic E-state index is -3.92. The molecule has 0 radical (unpaired) electrons. The molecule has 34 heavy (non-hydrogen) atoms. The summed E-state index contributed by atoms with van der Waals surface area (Å²) in [7, 11) is -3.92. The molecule has 0 fully saturated rings. The largest absolute Gasteiger partial charge is 0.379 e. The van der Waals surface area contributed by atoms with Crippen LogP contribution in [-0.4, -0.2) is 26.3 Å². The first-order valence-electron chi connectivity index (χ1n) is 10.8. The maximum Gasteiger partial charge on any atom is 0.242 e. The molecule has 4 N–H and O–H groups in total. The van der Waals surface area contributed by atoms with E-state index in [0.29, 0.717) is 11.4 Å². The van der Waals surface area contributed by atoms with Crippen LogP contribution in [0.15, 0.2) is 83.8 Å². The molecule has 178 valence electrons. The summed E-state index contributed by atoms with van der Waals surface area (Å²) in [6.45, 7) is 4.89. The van der Waals surface area contributed by atoms with Crippen LogP contribution in [0.3, 0.4) is 0 Å². The lowest BCUT2D eigenvalue weighted by Gasteiger charge is -2.17. The first-order chi connectivity index (χ1) is 16.1. The highest BCUT2D eigenvalue weighted by atomic mass is 32.2. The molecule has 1 unspecified atom stereocenters. The topological polar surface area (TPSA) is 116 Å². The Kier molecular flexibility index (Phi) is 8.04. The van der Waals surface area contributed by atoms with E-state index in [1.807, 2.05) is 42.5 Å². The van der Waals surface area contributed by atoms with E-state index in [1.54, 1.807) is 12.1 Å². The molecule has 0 aliphatic carbocycles. The average Bonchev–Trinajstić information content (AvgIpc) is 2.80. The summed E-state index contributed by atoms with van der Waals surface area (Å²) >= 11 is 0. The Morgan fingerprint density at radius 1 is 0.735 bits per heavy atom. The lowest BCUT2D eigenvalue weighted by molar-refractivity contribution is -0.117. The van der Waals surface area contributed by atoms with Crippen LogP contribution in [0.4, 0.5) is 17.1 Å².